The van der Waals surface area contributed by atoms with Crippen LogP contribution in [0.4, 0.5) is 0 Å². The topological polar surface area (TPSA) is 42.7 Å². The van der Waals surface area contributed by atoms with Gasteiger partial charge in [0.15, 0.2) is 5.16 Å². The van der Waals surface area contributed by atoms with Crippen LogP contribution >= 0.6 is 27.7 Å². The number of nitrogens with zero attached hydrogens (tertiary/aromatic N) is 3. The lowest BCUT2D eigenvalue weighted by Gasteiger charge is -2.13. The fourth-order valence-electron chi connectivity index (χ4n) is 1.56. The molecular weight excluding hydrogens is 312 g/mol. The number of aromatic nitrogens is 3. The van der Waals surface area contributed by atoms with Gasteiger partial charge in [0.1, 0.15) is 6.33 Å². The van der Waals surface area contributed by atoms with Crippen molar-refractivity contribution in [2.75, 3.05) is 7.05 Å². The third-order valence-electron chi connectivity index (χ3n) is 2.75. The van der Waals surface area contributed by atoms with Crippen LogP contribution < -0.4 is 5.32 Å². The van der Waals surface area contributed by atoms with E-state index in [9.17, 15) is 0 Å². The van der Waals surface area contributed by atoms with Gasteiger partial charge < -0.3 is 5.32 Å². The molecule has 0 saturated heterocycles. The third kappa shape index (κ3) is 2.93. The van der Waals surface area contributed by atoms with E-state index in [2.05, 4.69) is 56.5 Å². The SMILES string of the molecule is CNC(C)c1ccc(Sc2ncnn2C)cc1Br. The smallest absolute Gasteiger partial charge is 0.190 e. The van der Waals surface area contributed by atoms with Crippen molar-refractivity contribution < 1.29 is 0 Å². The first-order valence-corrected chi connectivity index (χ1v) is 7.21. The maximum Gasteiger partial charge on any atom is 0.190 e. The van der Waals surface area contributed by atoms with Crippen molar-refractivity contribution in [3.8, 4) is 0 Å². The Morgan fingerprint density at radius 1 is 1.44 bits per heavy atom. The van der Waals surface area contributed by atoms with Crippen LogP contribution in [0, 0.1) is 0 Å². The predicted octanol–water partition coefficient (Wildman–Crippen LogP) is 3.01. The molecule has 0 aliphatic heterocycles. The lowest BCUT2D eigenvalue weighted by molar-refractivity contribution is 0.649. The maximum absolute atomic E-state index is 4.20. The van der Waals surface area contributed by atoms with Gasteiger partial charge in [-0.3, -0.25) is 0 Å². The van der Waals surface area contributed by atoms with Crippen molar-refractivity contribution in [1.29, 1.82) is 0 Å². The summed E-state index contributed by atoms with van der Waals surface area (Å²) in [4.78, 5) is 5.35. The molecule has 0 amide bonds. The Kier molecular flexibility index (Phi) is 4.42. The average Bonchev–Trinajstić information content (AvgIpc) is 2.74. The van der Waals surface area contributed by atoms with E-state index in [1.165, 1.54) is 5.56 Å². The van der Waals surface area contributed by atoms with Gasteiger partial charge in [0.05, 0.1) is 0 Å². The molecule has 18 heavy (non-hydrogen) atoms. The van der Waals surface area contributed by atoms with E-state index in [1.807, 2.05) is 14.1 Å². The van der Waals surface area contributed by atoms with Gasteiger partial charge in [-0.05, 0) is 31.7 Å². The quantitative estimate of drug-likeness (QED) is 0.937. The van der Waals surface area contributed by atoms with E-state index in [0.717, 1.165) is 14.5 Å². The maximum atomic E-state index is 4.20. The second-order valence-electron chi connectivity index (χ2n) is 3.96. The molecule has 0 bridgehead atoms. The van der Waals surface area contributed by atoms with Gasteiger partial charge in [-0.25, -0.2) is 9.67 Å². The normalized spacial score (nSPS) is 12.7. The minimum absolute atomic E-state index is 0.327. The zero-order valence-electron chi connectivity index (χ0n) is 10.5. The van der Waals surface area contributed by atoms with Gasteiger partial charge in [0.25, 0.3) is 0 Å². The summed E-state index contributed by atoms with van der Waals surface area (Å²) in [5, 5.41) is 8.18. The Bertz CT molecular complexity index is 541. The molecule has 0 aliphatic rings. The second kappa shape index (κ2) is 5.86. The largest absolute Gasteiger partial charge is 0.313 e. The molecule has 0 fully saturated rings. The first kappa shape index (κ1) is 13.6. The van der Waals surface area contributed by atoms with Crippen LogP contribution in [0.5, 0.6) is 0 Å². The summed E-state index contributed by atoms with van der Waals surface area (Å²) in [5.41, 5.74) is 1.25. The molecule has 6 heteroatoms. The highest BCUT2D eigenvalue weighted by Gasteiger charge is 2.09. The Morgan fingerprint density at radius 3 is 2.78 bits per heavy atom. The van der Waals surface area contributed by atoms with E-state index in [4.69, 9.17) is 0 Å². The fraction of sp³-hybridized carbons (Fsp3) is 0.333. The molecule has 0 aliphatic carbocycles. The minimum Gasteiger partial charge on any atom is -0.313 e. The molecule has 1 aromatic carbocycles. The molecule has 1 heterocycles. The fourth-order valence-corrected chi connectivity index (χ4v) is 3.24. The first-order valence-electron chi connectivity index (χ1n) is 5.60. The number of halogens is 1. The third-order valence-corrected chi connectivity index (χ3v) is 4.48. The van der Waals surface area contributed by atoms with Gasteiger partial charge in [-0.2, -0.15) is 5.10 Å². The van der Waals surface area contributed by atoms with E-state index < -0.39 is 0 Å². The summed E-state index contributed by atoms with van der Waals surface area (Å²) in [7, 11) is 3.85. The standard InChI is InChI=1S/C12H15BrN4S/c1-8(14-2)10-5-4-9(6-11(10)13)18-12-15-7-16-17(12)3/h4-8,14H,1-3H3. The van der Waals surface area contributed by atoms with Crippen molar-refractivity contribution >= 4 is 27.7 Å². The van der Waals surface area contributed by atoms with Crippen molar-refractivity contribution in [2.45, 2.75) is 23.0 Å². The monoisotopic (exact) mass is 326 g/mol. The number of hydrogen-bond donors (Lipinski definition) is 1. The molecule has 4 nitrogen and oxygen atoms in total. The van der Waals surface area contributed by atoms with E-state index in [1.54, 1.807) is 22.8 Å². The zero-order chi connectivity index (χ0) is 13.1. The molecule has 0 radical (unpaired) electrons. The first-order chi connectivity index (χ1) is 8.61. The Labute approximate surface area is 119 Å². The molecule has 0 saturated carbocycles. The molecular formula is C12H15BrN4S. The van der Waals surface area contributed by atoms with E-state index in [-0.39, 0.29) is 0 Å². The number of rotatable bonds is 4. The van der Waals surface area contributed by atoms with E-state index >= 15 is 0 Å². The predicted molar refractivity (Wildman–Crippen MR) is 76.7 cm³/mol. The highest BCUT2D eigenvalue weighted by molar-refractivity contribution is 9.10. The van der Waals surface area contributed by atoms with Crippen LogP contribution in [0.3, 0.4) is 0 Å². The van der Waals surface area contributed by atoms with Gasteiger partial charge >= 0.3 is 0 Å². The molecule has 1 unspecified atom stereocenters. The summed E-state index contributed by atoms with van der Waals surface area (Å²) >= 11 is 5.22. The summed E-state index contributed by atoms with van der Waals surface area (Å²) in [6.45, 7) is 2.13. The van der Waals surface area contributed by atoms with Gasteiger partial charge in [0, 0.05) is 22.5 Å². The second-order valence-corrected chi connectivity index (χ2v) is 5.86. The molecule has 96 valence electrons. The number of benzene rings is 1. The Balaban J connectivity index is 2.21. The van der Waals surface area contributed by atoms with Crippen LogP contribution in [-0.2, 0) is 7.05 Å². The van der Waals surface area contributed by atoms with Crippen LogP contribution in [0.2, 0.25) is 0 Å². The van der Waals surface area contributed by atoms with Gasteiger partial charge in [0.2, 0.25) is 0 Å². The van der Waals surface area contributed by atoms with Crippen molar-refractivity contribution in [2.24, 2.45) is 7.05 Å². The van der Waals surface area contributed by atoms with Crippen LogP contribution in [0.25, 0.3) is 0 Å². The van der Waals surface area contributed by atoms with Crippen molar-refractivity contribution in [1.82, 2.24) is 20.1 Å². The summed E-state index contributed by atoms with van der Waals surface area (Å²) < 4.78 is 2.87. The molecule has 1 N–H and O–H groups in total. The van der Waals surface area contributed by atoms with Gasteiger partial charge in [-0.15, -0.1) is 0 Å². The van der Waals surface area contributed by atoms with Crippen LogP contribution in [0.15, 0.2) is 39.1 Å². The lowest BCUT2D eigenvalue weighted by atomic mass is 10.1. The molecule has 2 rings (SSSR count). The average molecular weight is 327 g/mol. The lowest BCUT2D eigenvalue weighted by Crippen LogP contribution is -2.12. The molecule has 1 aromatic heterocycles. The van der Waals surface area contributed by atoms with E-state index in [0.29, 0.717) is 6.04 Å². The van der Waals surface area contributed by atoms with Gasteiger partial charge in [-0.1, -0.05) is 33.8 Å². The summed E-state index contributed by atoms with van der Waals surface area (Å²) in [5.74, 6) is 0. The molecule has 2 aromatic rings. The summed E-state index contributed by atoms with van der Waals surface area (Å²) in [6.07, 6.45) is 1.56. The number of aryl methyl sites for hydroxylation is 1. The van der Waals surface area contributed by atoms with Crippen LogP contribution in [-0.4, -0.2) is 21.8 Å². The highest BCUT2D eigenvalue weighted by Crippen LogP contribution is 2.31. The van der Waals surface area contributed by atoms with Crippen LogP contribution in [0.1, 0.15) is 18.5 Å². The highest BCUT2D eigenvalue weighted by atomic mass is 79.9. The number of nitrogens with one attached hydrogen (secondary N) is 1. The Hall–Kier alpha value is -0.850. The summed E-state index contributed by atoms with van der Waals surface area (Å²) in [6, 6.07) is 6.67. The van der Waals surface area contributed by atoms with Crippen molar-refractivity contribution in [3.63, 3.8) is 0 Å². The minimum atomic E-state index is 0.327. The zero-order valence-corrected chi connectivity index (χ0v) is 12.9. The Morgan fingerprint density at radius 2 is 2.22 bits per heavy atom. The number of hydrogen-bond acceptors (Lipinski definition) is 4. The molecule has 0 spiro atoms. The van der Waals surface area contributed by atoms with Crippen molar-refractivity contribution in [3.05, 3.63) is 34.6 Å². The molecule has 1 atom stereocenters.